The summed E-state index contributed by atoms with van der Waals surface area (Å²) < 4.78 is 45.1. The maximum absolute atomic E-state index is 13.9. The standard InChI is InChI=1S/C28H34FN3O4.C26H30FN3O4/c1-4-35-25(33)14-15-32(3)28(34)20-10-13-24(30-17-20)31-26(19-8-6-5-7-9-19)27-18(2)22-16-21(29)11-12-23(22)36-27;1-16-20-14-19(27)9-10-21(20)34-25(16)24(17-6-4-3-5-7-17)29-22-11-8-18(15-28-22)26(33)30(2)13-12-23(31)32/h10-13,16-17,19,26H,4-9,14-15H2,1-3H3,(H,30,31);8-11,14-15,17,24H,3-7,12-13H2,1-2H3,(H,28,29)(H,31,32). The topological polar surface area (TPSA) is 180 Å². The van der Waals surface area contributed by atoms with E-state index in [9.17, 15) is 28.0 Å². The summed E-state index contributed by atoms with van der Waals surface area (Å²) in [6.07, 6.45) is 14.4. The lowest BCUT2D eigenvalue weighted by Gasteiger charge is -2.30. The molecule has 372 valence electrons. The van der Waals surface area contributed by atoms with Crippen LogP contribution in [0.2, 0.25) is 0 Å². The molecule has 2 saturated carbocycles. The molecule has 0 spiro atoms. The fourth-order valence-electron chi connectivity index (χ4n) is 9.68. The zero-order chi connectivity index (χ0) is 49.9. The SMILES string of the molecule is CCOC(=O)CCN(C)C(=O)c1ccc(NC(c2oc3ccc(F)cc3c2C)C2CCCCC2)nc1.Cc1c(C(Nc2ccc(C(=O)N(C)CCC(=O)O)cn2)C2CCCCC2)oc2ccc(F)cc12. The Morgan fingerprint density at radius 2 is 1.10 bits per heavy atom. The number of aryl methyl sites for hydroxylation is 2. The summed E-state index contributed by atoms with van der Waals surface area (Å²) in [5.41, 5.74) is 4.02. The molecule has 6 aromatic rings. The normalized spacial score (nSPS) is 15.1. The molecule has 0 saturated heterocycles. The van der Waals surface area contributed by atoms with Crippen LogP contribution in [-0.2, 0) is 14.3 Å². The number of nitrogens with zero attached hydrogens (tertiary/aromatic N) is 4. The van der Waals surface area contributed by atoms with Gasteiger partial charge in [-0.15, -0.1) is 0 Å². The van der Waals surface area contributed by atoms with E-state index in [4.69, 9.17) is 18.7 Å². The average molecular weight is 963 g/mol. The monoisotopic (exact) mass is 962 g/mol. The summed E-state index contributed by atoms with van der Waals surface area (Å²) in [5, 5.41) is 17.5. The summed E-state index contributed by atoms with van der Waals surface area (Å²) >= 11 is 0. The Kier molecular flexibility index (Phi) is 17.2. The van der Waals surface area contributed by atoms with Gasteiger partial charge in [-0.25, -0.2) is 18.7 Å². The third kappa shape index (κ3) is 12.7. The van der Waals surface area contributed by atoms with E-state index in [0.717, 1.165) is 84.8 Å². The predicted octanol–water partition coefficient (Wildman–Crippen LogP) is 11.6. The number of nitrogens with one attached hydrogen (secondary N) is 2. The van der Waals surface area contributed by atoms with Crippen molar-refractivity contribution in [2.24, 2.45) is 11.8 Å². The van der Waals surface area contributed by atoms with Gasteiger partial charge in [-0.05, 0) is 119 Å². The molecule has 2 fully saturated rings. The molecule has 16 heteroatoms. The number of hydrogen-bond donors (Lipinski definition) is 3. The minimum absolute atomic E-state index is 0.109. The number of carboxylic acids is 1. The number of anilines is 2. The third-order valence-corrected chi connectivity index (χ3v) is 13.6. The first-order chi connectivity index (χ1) is 33.7. The highest BCUT2D eigenvalue weighted by molar-refractivity contribution is 5.95. The molecule has 4 heterocycles. The van der Waals surface area contributed by atoms with E-state index in [-0.39, 0.29) is 67.4 Å². The lowest BCUT2D eigenvalue weighted by molar-refractivity contribution is -0.143. The van der Waals surface area contributed by atoms with Crippen molar-refractivity contribution in [1.29, 1.82) is 0 Å². The second kappa shape index (κ2) is 23.6. The van der Waals surface area contributed by atoms with Crippen LogP contribution in [0.15, 0.2) is 81.9 Å². The number of fused-ring (bicyclic) bond motifs is 2. The van der Waals surface area contributed by atoms with E-state index in [1.165, 1.54) is 53.1 Å². The Labute approximate surface area is 407 Å². The van der Waals surface area contributed by atoms with Crippen LogP contribution in [0.4, 0.5) is 20.4 Å². The number of rotatable bonds is 17. The molecule has 2 aromatic carbocycles. The predicted molar refractivity (Wildman–Crippen MR) is 264 cm³/mol. The molecule has 14 nitrogen and oxygen atoms in total. The smallest absolute Gasteiger partial charge is 0.307 e. The summed E-state index contributed by atoms with van der Waals surface area (Å²) in [7, 11) is 3.23. The number of aromatic nitrogens is 2. The van der Waals surface area contributed by atoms with Crippen molar-refractivity contribution in [3.63, 3.8) is 0 Å². The molecule has 2 aliphatic carbocycles. The molecule has 2 aliphatic rings. The number of carbonyl (C=O) groups is 4. The number of pyridine rings is 2. The van der Waals surface area contributed by atoms with Gasteiger partial charge in [0, 0.05) is 61.5 Å². The Morgan fingerprint density at radius 1 is 0.671 bits per heavy atom. The van der Waals surface area contributed by atoms with Crippen molar-refractivity contribution in [3.05, 3.63) is 118 Å². The maximum atomic E-state index is 13.9. The van der Waals surface area contributed by atoms with E-state index in [1.807, 2.05) is 13.8 Å². The number of ether oxygens (including phenoxy) is 1. The number of amides is 2. The molecular weight excluding hydrogens is 899 g/mol. The van der Waals surface area contributed by atoms with Crippen LogP contribution >= 0.6 is 0 Å². The molecule has 2 atom stereocenters. The number of carboxylic acid groups (broad SMARTS) is 1. The van der Waals surface area contributed by atoms with Crippen molar-refractivity contribution in [1.82, 2.24) is 19.8 Å². The fraction of sp³-hybridized carbons (Fsp3) is 0.444. The van der Waals surface area contributed by atoms with Gasteiger partial charge in [0.2, 0.25) is 0 Å². The summed E-state index contributed by atoms with van der Waals surface area (Å²) in [6, 6.07) is 15.9. The van der Waals surface area contributed by atoms with E-state index in [1.54, 1.807) is 63.6 Å². The molecular formula is C54H64F2N6O8. The van der Waals surface area contributed by atoms with Crippen LogP contribution in [0.1, 0.15) is 139 Å². The van der Waals surface area contributed by atoms with Crippen molar-refractivity contribution in [3.8, 4) is 0 Å². The van der Waals surface area contributed by atoms with Crippen LogP contribution in [0.3, 0.4) is 0 Å². The van der Waals surface area contributed by atoms with Crippen LogP contribution in [0.25, 0.3) is 21.9 Å². The molecule has 8 rings (SSSR count). The fourth-order valence-corrected chi connectivity index (χ4v) is 9.68. The van der Waals surface area contributed by atoms with E-state index in [2.05, 4.69) is 20.6 Å². The summed E-state index contributed by atoms with van der Waals surface area (Å²) in [6.45, 7) is 6.40. The third-order valence-electron chi connectivity index (χ3n) is 13.6. The number of furan rings is 2. The molecule has 0 bridgehead atoms. The number of benzene rings is 2. The molecule has 0 radical (unpaired) electrons. The van der Waals surface area contributed by atoms with Gasteiger partial charge < -0.3 is 39.1 Å². The van der Waals surface area contributed by atoms with Gasteiger partial charge in [-0.3, -0.25) is 19.2 Å². The minimum Gasteiger partial charge on any atom is -0.481 e. The van der Waals surface area contributed by atoms with Gasteiger partial charge in [0.05, 0.1) is 42.7 Å². The van der Waals surface area contributed by atoms with Gasteiger partial charge in [0.25, 0.3) is 11.8 Å². The molecule has 70 heavy (non-hydrogen) atoms. The lowest BCUT2D eigenvalue weighted by Crippen LogP contribution is -2.29. The van der Waals surface area contributed by atoms with Gasteiger partial charge >= 0.3 is 11.9 Å². The van der Waals surface area contributed by atoms with Crippen LogP contribution < -0.4 is 10.6 Å². The molecule has 4 aromatic heterocycles. The van der Waals surface area contributed by atoms with Crippen molar-refractivity contribution >= 4 is 57.3 Å². The quantitative estimate of drug-likeness (QED) is 0.0737. The zero-order valence-corrected chi connectivity index (χ0v) is 40.7. The Hall–Kier alpha value is -6.84. The van der Waals surface area contributed by atoms with Gasteiger partial charge in [0.1, 0.15) is 46.0 Å². The van der Waals surface area contributed by atoms with Gasteiger partial charge in [-0.2, -0.15) is 0 Å². The zero-order valence-electron chi connectivity index (χ0n) is 40.7. The van der Waals surface area contributed by atoms with Crippen LogP contribution in [0, 0.1) is 37.3 Å². The Bertz CT molecular complexity index is 2750. The first-order valence-electron chi connectivity index (χ1n) is 24.4. The van der Waals surface area contributed by atoms with E-state index >= 15 is 0 Å². The Morgan fingerprint density at radius 3 is 1.49 bits per heavy atom. The number of halogens is 2. The highest BCUT2D eigenvalue weighted by atomic mass is 19.1. The van der Waals surface area contributed by atoms with Crippen LogP contribution in [0.5, 0.6) is 0 Å². The molecule has 3 N–H and O–H groups in total. The van der Waals surface area contributed by atoms with E-state index in [0.29, 0.717) is 52.4 Å². The highest BCUT2D eigenvalue weighted by Crippen LogP contribution is 2.42. The maximum Gasteiger partial charge on any atom is 0.307 e. The van der Waals surface area contributed by atoms with Crippen molar-refractivity contribution in [2.45, 2.75) is 110 Å². The summed E-state index contributed by atoms with van der Waals surface area (Å²) in [4.78, 5) is 59.5. The van der Waals surface area contributed by atoms with Gasteiger partial charge in [-0.1, -0.05) is 38.5 Å². The number of aliphatic carboxylic acids is 1. The minimum atomic E-state index is -0.949. The van der Waals surface area contributed by atoms with Crippen molar-refractivity contribution in [2.75, 3.05) is 44.4 Å². The average Bonchev–Trinajstić information content (AvgIpc) is 3.87. The van der Waals surface area contributed by atoms with Gasteiger partial charge in [0.15, 0.2) is 0 Å². The molecule has 0 aliphatic heterocycles. The summed E-state index contributed by atoms with van der Waals surface area (Å²) in [5.74, 6) is 1.23. The Balaban J connectivity index is 0.000000207. The lowest BCUT2D eigenvalue weighted by atomic mass is 9.82. The highest BCUT2D eigenvalue weighted by Gasteiger charge is 2.32. The molecule has 2 amide bonds. The number of esters is 1. The first-order valence-corrected chi connectivity index (χ1v) is 24.4. The van der Waals surface area contributed by atoms with E-state index < -0.39 is 5.97 Å². The largest absolute Gasteiger partial charge is 0.481 e. The second-order valence-electron chi connectivity index (χ2n) is 18.5. The second-order valence-corrected chi connectivity index (χ2v) is 18.5. The first kappa shape index (κ1) is 51.0. The molecule has 2 unspecified atom stereocenters. The van der Waals surface area contributed by atoms with Crippen LogP contribution in [-0.4, -0.2) is 82.4 Å². The number of carbonyl (C=O) groups excluding carboxylic acids is 3. The number of hydrogen-bond acceptors (Lipinski definition) is 11. The van der Waals surface area contributed by atoms with Crippen molar-refractivity contribution < 1.29 is 46.6 Å².